The number of aromatic nitrogens is 3. The molecule has 0 unspecified atom stereocenters. The van der Waals surface area contributed by atoms with Crippen LogP contribution in [0.1, 0.15) is 5.76 Å². The summed E-state index contributed by atoms with van der Waals surface area (Å²) < 4.78 is 6.93. The molecule has 0 saturated heterocycles. The van der Waals surface area contributed by atoms with E-state index in [0.717, 1.165) is 22.7 Å². The molecule has 3 aromatic heterocycles. The van der Waals surface area contributed by atoms with E-state index in [1.54, 1.807) is 23.3 Å². The number of aryl methyl sites for hydroxylation is 1. The zero-order valence-electron chi connectivity index (χ0n) is 9.87. The van der Waals surface area contributed by atoms with Gasteiger partial charge in [0.2, 0.25) is 0 Å². The van der Waals surface area contributed by atoms with Crippen molar-refractivity contribution < 1.29 is 4.42 Å². The molecule has 0 bridgehead atoms. The minimum atomic E-state index is 0.568. The van der Waals surface area contributed by atoms with E-state index in [2.05, 4.69) is 10.1 Å². The first-order valence-corrected chi connectivity index (χ1v) is 5.56. The highest BCUT2D eigenvalue weighted by Gasteiger charge is 2.12. The predicted octanol–water partition coefficient (Wildman–Crippen LogP) is 2.42. The summed E-state index contributed by atoms with van der Waals surface area (Å²) in [5, 5.41) is 4.47. The fraction of sp³-hybridized carbons (Fsp3) is 0.0769. The molecule has 0 aliphatic heterocycles. The Bertz CT molecular complexity index is 669. The smallest absolute Gasteiger partial charge is 0.127 e. The molecule has 5 nitrogen and oxygen atoms in total. The molecule has 0 aromatic carbocycles. The van der Waals surface area contributed by atoms with Crippen LogP contribution in [0.5, 0.6) is 0 Å². The Kier molecular flexibility index (Phi) is 2.37. The SMILES string of the molecule is Cc1occc1-c1cc(N)n(-c2cccnc2)n1. The standard InChI is InChI=1S/C13H12N4O/c1-9-11(4-6-18-9)12-7-13(14)17(16-12)10-3-2-5-15-8-10/h2-8H,14H2,1H3. The number of furan rings is 1. The van der Waals surface area contributed by atoms with Crippen molar-refractivity contribution in [1.29, 1.82) is 0 Å². The summed E-state index contributed by atoms with van der Waals surface area (Å²) in [5.74, 6) is 1.39. The van der Waals surface area contributed by atoms with Gasteiger partial charge in [-0.15, -0.1) is 0 Å². The van der Waals surface area contributed by atoms with Crippen LogP contribution in [0.2, 0.25) is 0 Å². The quantitative estimate of drug-likeness (QED) is 0.746. The average molecular weight is 240 g/mol. The van der Waals surface area contributed by atoms with Crippen LogP contribution in [0.15, 0.2) is 47.3 Å². The minimum absolute atomic E-state index is 0.568. The van der Waals surface area contributed by atoms with E-state index in [1.165, 1.54) is 0 Å². The van der Waals surface area contributed by atoms with Gasteiger partial charge < -0.3 is 10.2 Å². The van der Waals surface area contributed by atoms with Gasteiger partial charge in [0.25, 0.3) is 0 Å². The molecular formula is C13H12N4O. The average Bonchev–Trinajstić information content (AvgIpc) is 2.96. The van der Waals surface area contributed by atoms with E-state index in [1.807, 2.05) is 31.2 Å². The van der Waals surface area contributed by atoms with Crippen molar-refractivity contribution >= 4 is 5.82 Å². The van der Waals surface area contributed by atoms with Gasteiger partial charge in [0, 0.05) is 17.8 Å². The molecule has 0 fully saturated rings. The Morgan fingerprint density at radius 1 is 1.33 bits per heavy atom. The molecule has 0 saturated carbocycles. The van der Waals surface area contributed by atoms with Crippen LogP contribution >= 0.6 is 0 Å². The van der Waals surface area contributed by atoms with Crippen molar-refractivity contribution in [2.24, 2.45) is 0 Å². The van der Waals surface area contributed by atoms with Crippen molar-refractivity contribution in [1.82, 2.24) is 14.8 Å². The fourth-order valence-electron chi connectivity index (χ4n) is 1.86. The van der Waals surface area contributed by atoms with Crippen LogP contribution in [-0.4, -0.2) is 14.8 Å². The van der Waals surface area contributed by atoms with E-state index in [9.17, 15) is 0 Å². The molecule has 3 aromatic rings. The maximum atomic E-state index is 5.97. The van der Waals surface area contributed by atoms with Gasteiger partial charge in [-0.3, -0.25) is 4.98 Å². The molecule has 18 heavy (non-hydrogen) atoms. The molecule has 3 heterocycles. The number of nitrogens with two attached hydrogens (primary N) is 1. The maximum Gasteiger partial charge on any atom is 0.127 e. The Morgan fingerprint density at radius 3 is 2.89 bits per heavy atom. The molecular weight excluding hydrogens is 228 g/mol. The Labute approximate surface area is 104 Å². The molecule has 0 spiro atoms. The number of rotatable bonds is 2. The van der Waals surface area contributed by atoms with Crippen molar-refractivity contribution in [2.75, 3.05) is 5.73 Å². The first-order chi connectivity index (χ1) is 8.75. The lowest BCUT2D eigenvalue weighted by atomic mass is 10.2. The van der Waals surface area contributed by atoms with Crippen molar-refractivity contribution in [3.8, 4) is 16.9 Å². The van der Waals surface area contributed by atoms with E-state index in [-0.39, 0.29) is 0 Å². The molecule has 0 aliphatic rings. The van der Waals surface area contributed by atoms with Gasteiger partial charge in [0.1, 0.15) is 11.6 Å². The van der Waals surface area contributed by atoms with Crippen LogP contribution in [0.3, 0.4) is 0 Å². The van der Waals surface area contributed by atoms with Gasteiger partial charge in [0.05, 0.1) is 23.8 Å². The minimum Gasteiger partial charge on any atom is -0.469 e. The largest absolute Gasteiger partial charge is 0.469 e. The number of pyridine rings is 1. The summed E-state index contributed by atoms with van der Waals surface area (Å²) in [6.07, 6.45) is 5.07. The highest BCUT2D eigenvalue weighted by molar-refractivity contribution is 5.65. The van der Waals surface area contributed by atoms with E-state index < -0.39 is 0 Å². The third kappa shape index (κ3) is 1.66. The monoisotopic (exact) mass is 240 g/mol. The molecule has 2 N–H and O–H groups in total. The van der Waals surface area contributed by atoms with Crippen LogP contribution in [0.25, 0.3) is 16.9 Å². The van der Waals surface area contributed by atoms with E-state index in [0.29, 0.717) is 5.82 Å². The summed E-state index contributed by atoms with van der Waals surface area (Å²) in [4.78, 5) is 4.06. The number of nitrogen functional groups attached to an aromatic ring is 1. The molecule has 0 aliphatic carbocycles. The summed E-state index contributed by atoms with van der Waals surface area (Å²) in [5.41, 5.74) is 8.55. The van der Waals surface area contributed by atoms with Gasteiger partial charge in [-0.25, -0.2) is 4.68 Å². The lowest BCUT2D eigenvalue weighted by molar-refractivity contribution is 0.535. The lowest BCUT2D eigenvalue weighted by Gasteiger charge is -2.01. The maximum absolute atomic E-state index is 5.97. The van der Waals surface area contributed by atoms with Crippen molar-refractivity contribution in [3.05, 3.63) is 48.7 Å². The number of hydrogen-bond acceptors (Lipinski definition) is 4. The van der Waals surface area contributed by atoms with Crippen LogP contribution in [0, 0.1) is 6.92 Å². The van der Waals surface area contributed by atoms with E-state index in [4.69, 9.17) is 10.2 Å². The Morgan fingerprint density at radius 2 is 2.22 bits per heavy atom. The Balaban J connectivity index is 2.10. The second-order valence-electron chi connectivity index (χ2n) is 3.97. The van der Waals surface area contributed by atoms with Gasteiger partial charge in [0.15, 0.2) is 0 Å². The predicted molar refractivity (Wildman–Crippen MR) is 68.2 cm³/mol. The normalized spacial score (nSPS) is 10.7. The molecule has 0 amide bonds. The van der Waals surface area contributed by atoms with Crippen LogP contribution in [-0.2, 0) is 0 Å². The highest BCUT2D eigenvalue weighted by Crippen LogP contribution is 2.26. The molecule has 0 atom stereocenters. The highest BCUT2D eigenvalue weighted by atomic mass is 16.3. The third-order valence-electron chi connectivity index (χ3n) is 2.76. The second-order valence-corrected chi connectivity index (χ2v) is 3.97. The molecule has 0 radical (unpaired) electrons. The number of hydrogen-bond donors (Lipinski definition) is 1. The molecule has 3 rings (SSSR count). The first kappa shape index (κ1) is 10.6. The number of anilines is 1. The lowest BCUT2D eigenvalue weighted by Crippen LogP contribution is -2.01. The summed E-state index contributed by atoms with van der Waals surface area (Å²) in [7, 11) is 0. The topological polar surface area (TPSA) is 69.9 Å². The zero-order chi connectivity index (χ0) is 12.5. The van der Waals surface area contributed by atoms with Gasteiger partial charge in [-0.05, 0) is 25.1 Å². The van der Waals surface area contributed by atoms with Crippen molar-refractivity contribution in [3.63, 3.8) is 0 Å². The van der Waals surface area contributed by atoms with Gasteiger partial charge in [-0.1, -0.05) is 0 Å². The molecule has 90 valence electrons. The van der Waals surface area contributed by atoms with Crippen LogP contribution < -0.4 is 5.73 Å². The van der Waals surface area contributed by atoms with Crippen molar-refractivity contribution in [2.45, 2.75) is 6.92 Å². The van der Waals surface area contributed by atoms with Gasteiger partial charge >= 0.3 is 0 Å². The third-order valence-corrected chi connectivity index (χ3v) is 2.76. The molecule has 5 heteroatoms. The fourth-order valence-corrected chi connectivity index (χ4v) is 1.86. The Hall–Kier alpha value is -2.56. The second kappa shape index (κ2) is 4.03. The first-order valence-electron chi connectivity index (χ1n) is 5.56. The van der Waals surface area contributed by atoms with E-state index >= 15 is 0 Å². The summed E-state index contributed by atoms with van der Waals surface area (Å²) in [6, 6.07) is 7.46. The van der Waals surface area contributed by atoms with Crippen LogP contribution in [0.4, 0.5) is 5.82 Å². The number of nitrogens with zero attached hydrogens (tertiary/aromatic N) is 3. The summed E-state index contributed by atoms with van der Waals surface area (Å²) >= 11 is 0. The zero-order valence-corrected chi connectivity index (χ0v) is 9.87. The summed E-state index contributed by atoms with van der Waals surface area (Å²) in [6.45, 7) is 1.90. The van der Waals surface area contributed by atoms with Gasteiger partial charge in [-0.2, -0.15) is 5.10 Å².